The molecule has 2 aromatic heterocycles. The predicted molar refractivity (Wildman–Crippen MR) is 125 cm³/mol. The van der Waals surface area contributed by atoms with Crippen LogP contribution in [0.4, 0.5) is 11.4 Å². The van der Waals surface area contributed by atoms with E-state index in [9.17, 15) is 9.59 Å². The minimum atomic E-state index is -0.335. The first-order valence-corrected chi connectivity index (χ1v) is 10.1. The number of methoxy groups -OCH3 is 1. The summed E-state index contributed by atoms with van der Waals surface area (Å²) in [6.45, 7) is 0. The van der Waals surface area contributed by atoms with Gasteiger partial charge in [0, 0.05) is 23.5 Å². The Morgan fingerprint density at radius 1 is 1.00 bits per heavy atom. The van der Waals surface area contributed by atoms with E-state index < -0.39 is 0 Å². The molecule has 0 atom stereocenters. The number of halogens is 1. The minimum Gasteiger partial charge on any atom is -0.495 e. The van der Waals surface area contributed by atoms with Crippen molar-refractivity contribution in [3.8, 4) is 5.75 Å². The predicted octanol–water partition coefficient (Wildman–Crippen LogP) is 4.90. The van der Waals surface area contributed by atoms with Crippen LogP contribution in [0, 0.1) is 0 Å². The van der Waals surface area contributed by atoms with E-state index in [1.165, 1.54) is 6.08 Å². The molecule has 0 saturated heterocycles. The molecule has 2 aromatic carbocycles. The molecule has 32 heavy (non-hydrogen) atoms. The van der Waals surface area contributed by atoms with Crippen LogP contribution in [0.25, 0.3) is 11.7 Å². The molecule has 2 heterocycles. The van der Waals surface area contributed by atoms with Gasteiger partial charge in [-0.1, -0.05) is 29.8 Å². The van der Waals surface area contributed by atoms with Crippen LogP contribution in [0.1, 0.15) is 16.1 Å². The first-order valence-electron chi connectivity index (χ1n) is 9.71. The first-order chi connectivity index (χ1) is 15.5. The Morgan fingerprint density at radius 2 is 1.75 bits per heavy atom. The Hall–Kier alpha value is -4.10. The molecule has 0 bridgehead atoms. The quantitative estimate of drug-likeness (QED) is 0.412. The summed E-state index contributed by atoms with van der Waals surface area (Å²) in [5.74, 6) is -0.0460. The van der Waals surface area contributed by atoms with E-state index in [-0.39, 0.29) is 11.8 Å². The number of aromatic nitrogens is 2. The summed E-state index contributed by atoms with van der Waals surface area (Å²) >= 11 is 6.17. The van der Waals surface area contributed by atoms with Gasteiger partial charge in [-0.2, -0.15) is 0 Å². The molecule has 0 aliphatic rings. The van der Waals surface area contributed by atoms with Gasteiger partial charge in [-0.3, -0.25) is 14.0 Å². The lowest BCUT2D eigenvalue weighted by Crippen LogP contribution is -2.13. The topological polar surface area (TPSA) is 84.7 Å². The number of hydrogen-bond donors (Lipinski definition) is 2. The number of rotatable bonds is 6. The van der Waals surface area contributed by atoms with Crippen LogP contribution in [-0.2, 0) is 4.79 Å². The molecule has 2 amide bonds. The minimum absolute atomic E-state index is 0.283. The summed E-state index contributed by atoms with van der Waals surface area (Å²) in [5, 5.41) is 5.88. The monoisotopic (exact) mass is 446 g/mol. The molecule has 8 heteroatoms. The highest BCUT2D eigenvalue weighted by Gasteiger charge is 2.10. The summed E-state index contributed by atoms with van der Waals surface area (Å²) in [5.41, 5.74) is 2.88. The zero-order valence-electron chi connectivity index (χ0n) is 17.1. The van der Waals surface area contributed by atoms with Crippen molar-refractivity contribution in [1.82, 2.24) is 9.38 Å². The molecule has 0 aliphatic carbocycles. The number of nitrogens with one attached hydrogen (secondary N) is 2. The van der Waals surface area contributed by atoms with Crippen LogP contribution >= 0.6 is 11.6 Å². The second kappa shape index (κ2) is 9.36. The zero-order chi connectivity index (χ0) is 22.5. The smallest absolute Gasteiger partial charge is 0.255 e. The molecule has 0 aliphatic heterocycles. The van der Waals surface area contributed by atoms with Crippen molar-refractivity contribution in [3.05, 3.63) is 95.4 Å². The van der Waals surface area contributed by atoms with Crippen molar-refractivity contribution in [2.24, 2.45) is 0 Å². The maximum Gasteiger partial charge on any atom is 0.255 e. The Bertz CT molecular complexity index is 1310. The number of nitrogens with zero attached hydrogens (tertiary/aromatic N) is 2. The summed E-state index contributed by atoms with van der Waals surface area (Å²) in [7, 11) is 1.54. The first kappa shape index (κ1) is 21.1. The van der Waals surface area contributed by atoms with Gasteiger partial charge in [0.15, 0.2) is 5.15 Å². The Morgan fingerprint density at radius 3 is 2.53 bits per heavy atom. The molecule has 160 valence electrons. The lowest BCUT2D eigenvalue weighted by atomic mass is 10.2. The number of carbonyl (C=O) groups is 2. The van der Waals surface area contributed by atoms with Gasteiger partial charge in [0.2, 0.25) is 5.91 Å². The van der Waals surface area contributed by atoms with Gasteiger partial charge < -0.3 is 15.4 Å². The van der Waals surface area contributed by atoms with E-state index in [0.29, 0.717) is 39.2 Å². The number of benzene rings is 2. The highest BCUT2D eigenvalue weighted by Crippen LogP contribution is 2.24. The fraction of sp³-hybridized carbons (Fsp3) is 0.0417. The Balaban J connectivity index is 1.41. The highest BCUT2D eigenvalue weighted by atomic mass is 35.5. The SMILES string of the molecule is COc1ccccc1NC(=O)c1ccc(NC(=O)/C=C/c2c(Cl)nc3ccccn23)cc1. The zero-order valence-corrected chi connectivity index (χ0v) is 17.8. The van der Waals surface area contributed by atoms with Crippen LogP contribution in [0.15, 0.2) is 79.0 Å². The molecule has 0 fully saturated rings. The number of pyridine rings is 1. The van der Waals surface area contributed by atoms with Gasteiger partial charge in [-0.15, -0.1) is 0 Å². The van der Waals surface area contributed by atoms with Crippen molar-refractivity contribution >= 4 is 46.5 Å². The summed E-state index contributed by atoms with van der Waals surface area (Å²) in [6.07, 6.45) is 4.80. The van der Waals surface area contributed by atoms with Crippen LogP contribution in [-0.4, -0.2) is 28.3 Å². The maximum atomic E-state index is 12.5. The fourth-order valence-corrected chi connectivity index (χ4v) is 3.36. The van der Waals surface area contributed by atoms with Crippen LogP contribution in [0.5, 0.6) is 5.75 Å². The lowest BCUT2D eigenvalue weighted by molar-refractivity contribution is -0.111. The van der Waals surface area contributed by atoms with Crippen LogP contribution in [0.2, 0.25) is 5.15 Å². The van der Waals surface area contributed by atoms with E-state index in [0.717, 1.165) is 0 Å². The Labute approximate surface area is 189 Å². The van der Waals surface area contributed by atoms with E-state index in [1.807, 2.05) is 36.5 Å². The summed E-state index contributed by atoms with van der Waals surface area (Å²) < 4.78 is 7.04. The Kier molecular flexibility index (Phi) is 6.19. The van der Waals surface area contributed by atoms with Crippen molar-refractivity contribution in [1.29, 1.82) is 0 Å². The second-order valence-corrected chi connectivity index (χ2v) is 7.13. The lowest BCUT2D eigenvalue weighted by Gasteiger charge is -2.10. The number of amides is 2. The number of ether oxygens (including phenoxy) is 1. The third-order valence-corrected chi connectivity index (χ3v) is 4.96. The third kappa shape index (κ3) is 4.63. The number of hydrogen-bond acceptors (Lipinski definition) is 4. The summed E-state index contributed by atoms with van der Waals surface area (Å²) in [4.78, 5) is 29.1. The van der Waals surface area contributed by atoms with E-state index in [1.54, 1.807) is 54.0 Å². The molecule has 7 nitrogen and oxygen atoms in total. The van der Waals surface area contributed by atoms with E-state index in [4.69, 9.17) is 16.3 Å². The number of para-hydroxylation sites is 2. The van der Waals surface area contributed by atoms with Crippen molar-refractivity contribution < 1.29 is 14.3 Å². The highest BCUT2D eigenvalue weighted by molar-refractivity contribution is 6.31. The van der Waals surface area contributed by atoms with Gasteiger partial charge in [0.1, 0.15) is 11.4 Å². The molecule has 4 aromatic rings. The normalized spacial score (nSPS) is 10.9. The average molecular weight is 447 g/mol. The van der Waals surface area contributed by atoms with E-state index in [2.05, 4.69) is 15.6 Å². The van der Waals surface area contributed by atoms with Crippen molar-refractivity contribution in [2.75, 3.05) is 17.7 Å². The van der Waals surface area contributed by atoms with Gasteiger partial charge in [-0.05, 0) is 54.6 Å². The van der Waals surface area contributed by atoms with Crippen LogP contribution in [0.3, 0.4) is 0 Å². The second-order valence-electron chi connectivity index (χ2n) is 6.77. The molecule has 4 rings (SSSR count). The van der Waals surface area contributed by atoms with Crippen molar-refractivity contribution in [3.63, 3.8) is 0 Å². The van der Waals surface area contributed by atoms with Gasteiger partial charge in [0.25, 0.3) is 5.91 Å². The molecule has 0 unspecified atom stereocenters. The number of imidazole rings is 1. The van der Waals surface area contributed by atoms with Gasteiger partial charge in [-0.25, -0.2) is 4.98 Å². The summed E-state index contributed by atoms with van der Waals surface area (Å²) in [6, 6.07) is 19.3. The standard InChI is InChI=1S/C24H19ClN4O3/c1-32-20-7-3-2-6-18(20)27-24(31)16-9-11-17(12-10-16)26-22(30)14-13-19-23(25)28-21-8-4-5-15-29(19)21/h2-15H,1H3,(H,26,30)(H,27,31)/b14-13+. The van der Waals surface area contributed by atoms with Gasteiger partial charge >= 0.3 is 0 Å². The molecule has 2 N–H and O–H groups in total. The molecule has 0 spiro atoms. The fourth-order valence-electron chi connectivity index (χ4n) is 3.12. The molecule has 0 saturated carbocycles. The maximum absolute atomic E-state index is 12.5. The van der Waals surface area contributed by atoms with Gasteiger partial charge in [0.05, 0.1) is 18.5 Å². The van der Waals surface area contributed by atoms with E-state index >= 15 is 0 Å². The molecule has 0 radical (unpaired) electrons. The average Bonchev–Trinajstić information content (AvgIpc) is 3.13. The number of carbonyl (C=O) groups excluding carboxylic acids is 2. The number of anilines is 2. The molecular formula is C24H19ClN4O3. The van der Waals surface area contributed by atoms with Crippen LogP contribution < -0.4 is 15.4 Å². The van der Waals surface area contributed by atoms with Crippen molar-refractivity contribution in [2.45, 2.75) is 0 Å². The number of fused-ring (bicyclic) bond motifs is 1. The molecular weight excluding hydrogens is 428 g/mol. The third-order valence-electron chi connectivity index (χ3n) is 4.68. The largest absolute Gasteiger partial charge is 0.495 e.